The van der Waals surface area contributed by atoms with Gasteiger partial charge in [-0.05, 0) is 30.2 Å². The van der Waals surface area contributed by atoms with Crippen LogP contribution in [0.2, 0.25) is 10.0 Å². The van der Waals surface area contributed by atoms with Crippen molar-refractivity contribution in [3.63, 3.8) is 0 Å². The number of carbonyl (C=O) groups is 1. The minimum Gasteiger partial charge on any atom is -0.341 e. The SMILES string of the molecule is CN(Cc1cccc(Cl)c1Cl)C(=O)CCCc1nc2ccccc2c(=O)[nH]1. The van der Waals surface area contributed by atoms with E-state index in [-0.39, 0.29) is 11.5 Å². The molecule has 1 N–H and O–H groups in total. The molecule has 0 unspecified atom stereocenters. The Bertz CT molecular complexity index is 1030. The number of fused-ring (bicyclic) bond motifs is 1. The summed E-state index contributed by atoms with van der Waals surface area (Å²) in [5.74, 6) is 0.584. The first-order valence-corrected chi connectivity index (χ1v) is 9.36. The number of halogens is 2. The molecule has 3 rings (SSSR count). The second kappa shape index (κ2) is 8.55. The predicted molar refractivity (Wildman–Crippen MR) is 108 cm³/mol. The van der Waals surface area contributed by atoms with Gasteiger partial charge in [0, 0.05) is 26.4 Å². The average molecular weight is 404 g/mol. The van der Waals surface area contributed by atoms with Crippen molar-refractivity contribution in [2.24, 2.45) is 0 Å². The molecule has 1 heterocycles. The highest BCUT2D eigenvalue weighted by molar-refractivity contribution is 6.42. The van der Waals surface area contributed by atoms with Crippen LogP contribution in [0.1, 0.15) is 24.2 Å². The van der Waals surface area contributed by atoms with E-state index >= 15 is 0 Å². The van der Waals surface area contributed by atoms with E-state index < -0.39 is 0 Å². The number of H-pyrrole nitrogens is 1. The third kappa shape index (κ3) is 4.67. The lowest BCUT2D eigenvalue weighted by Crippen LogP contribution is -2.26. The summed E-state index contributed by atoms with van der Waals surface area (Å²) in [6.07, 6.45) is 1.47. The minimum atomic E-state index is -0.158. The summed E-state index contributed by atoms with van der Waals surface area (Å²) >= 11 is 12.2. The van der Waals surface area contributed by atoms with Crippen LogP contribution >= 0.6 is 23.2 Å². The summed E-state index contributed by atoms with van der Waals surface area (Å²) in [6, 6.07) is 12.6. The van der Waals surface area contributed by atoms with Gasteiger partial charge in [-0.25, -0.2) is 4.98 Å². The Balaban J connectivity index is 1.58. The molecule has 0 saturated carbocycles. The third-order valence-electron chi connectivity index (χ3n) is 4.33. The molecule has 0 spiro atoms. The Kier molecular flexibility index (Phi) is 6.14. The van der Waals surface area contributed by atoms with Gasteiger partial charge >= 0.3 is 0 Å². The predicted octanol–water partition coefficient (Wildman–Crippen LogP) is 4.21. The van der Waals surface area contributed by atoms with Gasteiger partial charge in [-0.2, -0.15) is 0 Å². The number of rotatable bonds is 6. The zero-order valence-corrected chi connectivity index (χ0v) is 16.3. The highest BCUT2D eigenvalue weighted by atomic mass is 35.5. The second-order valence-corrected chi connectivity index (χ2v) is 7.13. The Morgan fingerprint density at radius 2 is 1.93 bits per heavy atom. The standard InChI is InChI=1S/C20H19Cl2N3O2/c1-25(12-13-6-4-8-15(21)19(13)22)18(26)11-5-10-17-23-16-9-3-2-7-14(16)20(27)24-17/h2-4,6-9H,5,10-12H2,1H3,(H,23,24,27). The number of para-hydroxylation sites is 1. The molecule has 0 bridgehead atoms. The summed E-state index contributed by atoms with van der Waals surface area (Å²) in [5, 5.41) is 1.51. The number of benzene rings is 2. The fraction of sp³-hybridized carbons (Fsp3) is 0.250. The van der Waals surface area contributed by atoms with Crippen LogP contribution in [0.25, 0.3) is 10.9 Å². The van der Waals surface area contributed by atoms with E-state index in [1.807, 2.05) is 24.3 Å². The van der Waals surface area contributed by atoms with Crippen LogP contribution in [0.5, 0.6) is 0 Å². The van der Waals surface area contributed by atoms with Crippen molar-refractivity contribution in [2.45, 2.75) is 25.8 Å². The summed E-state index contributed by atoms with van der Waals surface area (Å²) in [6.45, 7) is 0.392. The van der Waals surface area contributed by atoms with Crippen molar-refractivity contribution in [1.82, 2.24) is 14.9 Å². The van der Waals surface area contributed by atoms with Crippen LogP contribution < -0.4 is 5.56 Å². The number of nitrogens with zero attached hydrogens (tertiary/aromatic N) is 2. The largest absolute Gasteiger partial charge is 0.341 e. The fourth-order valence-electron chi connectivity index (χ4n) is 2.87. The first-order chi connectivity index (χ1) is 13.0. The highest BCUT2D eigenvalue weighted by Crippen LogP contribution is 2.26. The van der Waals surface area contributed by atoms with E-state index in [0.29, 0.717) is 52.6 Å². The molecule has 0 aliphatic carbocycles. The van der Waals surface area contributed by atoms with Crippen molar-refractivity contribution >= 4 is 40.0 Å². The van der Waals surface area contributed by atoms with Gasteiger partial charge in [0.2, 0.25) is 5.91 Å². The van der Waals surface area contributed by atoms with Crippen LogP contribution in [0.15, 0.2) is 47.3 Å². The zero-order valence-electron chi connectivity index (χ0n) is 14.8. The average Bonchev–Trinajstić information content (AvgIpc) is 2.65. The molecule has 140 valence electrons. The number of aromatic amines is 1. The number of amides is 1. The molecule has 1 amide bonds. The lowest BCUT2D eigenvalue weighted by molar-refractivity contribution is -0.130. The molecule has 0 atom stereocenters. The molecule has 27 heavy (non-hydrogen) atoms. The van der Waals surface area contributed by atoms with Crippen molar-refractivity contribution < 1.29 is 4.79 Å². The molecule has 3 aromatic rings. The van der Waals surface area contributed by atoms with Gasteiger partial charge in [-0.15, -0.1) is 0 Å². The molecular formula is C20H19Cl2N3O2. The fourth-order valence-corrected chi connectivity index (χ4v) is 3.25. The number of hydrogen-bond donors (Lipinski definition) is 1. The van der Waals surface area contributed by atoms with Crippen LogP contribution in [0, 0.1) is 0 Å². The molecule has 2 aromatic carbocycles. The Hall–Kier alpha value is -2.37. The number of carbonyl (C=O) groups excluding carboxylic acids is 1. The van der Waals surface area contributed by atoms with Crippen molar-refractivity contribution in [1.29, 1.82) is 0 Å². The smallest absolute Gasteiger partial charge is 0.258 e. The maximum absolute atomic E-state index is 12.4. The Morgan fingerprint density at radius 1 is 1.15 bits per heavy atom. The molecule has 1 aromatic heterocycles. The normalized spacial score (nSPS) is 10.9. The quantitative estimate of drug-likeness (QED) is 0.669. The van der Waals surface area contributed by atoms with Crippen molar-refractivity contribution in [2.75, 3.05) is 7.05 Å². The monoisotopic (exact) mass is 403 g/mol. The van der Waals surface area contributed by atoms with Crippen LogP contribution in [0.3, 0.4) is 0 Å². The maximum atomic E-state index is 12.4. The van der Waals surface area contributed by atoms with Gasteiger partial charge < -0.3 is 9.88 Å². The first-order valence-electron chi connectivity index (χ1n) is 8.60. The van der Waals surface area contributed by atoms with Gasteiger partial charge in [0.1, 0.15) is 5.82 Å². The van der Waals surface area contributed by atoms with Gasteiger partial charge in [0.15, 0.2) is 0 Å². The minimum absolute atomic E-state index is 0.00539. The van der Waals surface area contributed by atoms with E-state index in [9.17, 15) is 9.59 Å². The van der Waals surface area contributed by atoms with Crippen molar-refractivity contribution in [3.8, 4) is 0 Å². The molecular weight excluding hydrogens is 385 g/mol. The Labute approximate surface area is 166 Å². The summed E-state index contributed by atoms with van der Waals surface area (Å²) in [4.78, 5) is 33.3. The van der Waals surface area contributed by atoms with Gasteiger partial charge in [-0.3, -0.25) is 9.59 Å². The number of aromatic nitrogens is 2. The lowest BCUT2D eigenvalue weighted by atomic mass is 10.1. The van der Waals surface area contributed by atoms with E-state index in [0.717, 1.165) is 5.56 Å². The third-order valence-corrected chi connectivity index (χ3v) is 5.19. The topological polar surface area (TPSA) is 66.1 Å². The molecule has 7 heteroatoms. The van der Waals surface area contributed by atoms with Gasteiger partial charge in [-0.1, -0.05) is 47.5 Å². The Morgan fingerprint density at radius 3 is 2.74 bits per heavy atom. The van der Waals surface area contributed by atoms with E-state index in [4.69, 9.17) is 23.2 Å². The van der Waals surface area contributed by atoms with E-state index in [1.165, 1.54) is 0 Å². The van der Waals surface area contributed by atoms with E-state index in [2.05, 4.69) is 9.97 Å². The van der Waals surface area contributed by atoms with Crippen LogP contribution in [-0.4, -0.2) is 27.8 Å². The molecule has 0 saturated heterocycles. The first kappa shape index (κ1) is 19.4. The lowest BCUT2D eigenvalue weighted by Gasteiger charge is -2.18. The number of hydrogen-bond acceptors (Lipinski definition) is 3. The van der Waals surface area contributed by atoms with Crippen LogP contribution in [-0.2, 0) is 17.8 Å². The summed E-state index contributed by atoms with van der Waals surface area (Å²) in [7, 11) is 1.73. The molecule has 0 aliphatic rings. The number of nitrogens with one attached hydrogen (secondary N) is 1. The van der Waals surface area contributed by atoms with Gasteiger partial charge in [0.05, 0.1) is 20.9 Å². The zero-order chi connectivity index (χ0) is 19.4. The summed E-state index contributed by atoms with van der Waals surface area (Å²) in [5.41, 5.74) is 1.31. The second-order valence-electron chi connectivity index (χ2n) is 6.35. The van der Waals surface area contributed by atoms with Crippen molar-refractivity contribution in [3.05, 3.63) is 74.3 Å². The molecule has 0 aliphatic heterocycles. The van der Waals surface area contributed by atoms with E-state index in [1.54, 1.807) is 30.1 Å². The molecule has 5 nitrogen and oxygen atoms in total. The molecule has 0 fully saturated rings. The number of aryl methyl sites for hydroxylation is 1. The summed E-state index contributed by atoms with van der Waals surface area (Å²) < 4.78 is 0. The maximum Gasteiger partial charge on any atom is 0.258 e. The molecule has 0 radical (unpaired) electrons. The van der Waals surface area contributed by atoms with Crippen LogP contribution in [0.4, 0.5) is 0 Å². The highest BCUT2D eigenvalue weighted by Gasteiger charge is 2.13. The van der Waals surface area contributed by atoms with Gasteiger partial charge in [0.25, 0.3) is 5.56 Å².